The Morgan fingerprint density at radius 2 is 1.85 bits per heavy atom. The van der Waals surface area contributed by atoms with Crippen molar-refractivity contribution in [3.63, 3.8) is 0 Å². The van der Waals surface area contributed by atoms with Crippen molar-refractivity contribution in [2.24, 2.45) is 0 Å². The third-order valence-corrected chi connectivity index (χ3v) is 3.56. The van der Waals surface area contributed by atoms with Gasteiger partial charge in [-0.2, -0.15) is 0 Å². The lowest BCUT2D eigenvalue weighted by Crippen LogP contribution is -2.27. The second-order valence-electron chi connectivity index (χ2n) is 4.55. The Morgan fingerprint density at radius 1 is 1.15 bits per heavy atom. The number of hydrogen-bond donors (Lipinski definition) is 1. The minimum Gasteiger partial charge on any atom is -0.397 e. The first-order valence-corrected chi connectivity index (χ1v) is 6.75. The van der Waals surface area contributed by atoms with Crippen LogP contribution >= 0.6 is 23.2 Å². The molecular formula is C15H14Cl2N2O. The Bertz CT molecular complexity index is 671. The van der Waals surface area contributed by atoms with Gasteiger partial charge in [0.2, 0.25) is 0 Å². The van der Waals surface area contributed by atoms with Gasteiger partial charge in [0.1, 0.15) is 0 Å². The molecule has 2 rings (SSSR count). The summed E-state index contributed by atoms with van der Waals surface area (Å²) in [5.74, 6) is -0.232. The van der Waals surface area contributed by atoms with Crippen molar-refractivity contribution in [2.75, 3.05) is 17.7 Å². The van der Waals surface area contributed by atoms with Crippen LogP contribution in [0.15, 0.2) is 36.4 Å². The van der Waals surface area contributed by atoms with Crippen molar-refractivity contribution in [1.82, 2.24) is 0 Å². The van der Waals surface area contributed by atoms with Gasteiger partial charge in [0.15, 0.2) is 0 Å². The number of halogens is 2. The molecule has 2 aromatic carbocycles. The van der Waals surface area contributed by atoms with Crippen LogP contribution in [0.3, 0.4) is 0 Å². The van der Waals surface area contributed by atoms with Crippen molar-refractivity contribution < 1.29 is 4.79 Å². The van der Waals surface area contributed by atoms with E-state index in [1.54, 1.807) is 37.4 Å². The molecular weight excluding hydrogens is 295 g/mol. The Labute approximate surface area is 127 Å². The number of benzene rings is 2. The van der Waals surface area contributed by atoms with E-state index in [2.05, 4.69) is 0 Å². The van der Waals surface area contributed by atoms with Gasteiger partial charge in [0.05, 0.1) is 22.0 Å². The highest BCUT2D eigenvalue weighted by atomic mass is 35.5. The number of aryl methyl sites for hydroxylation is 1. The van der Waals surface area contributed by atoms with E-state index in [4.69, 9.17) is 28.9 Å². The summed E-state index contributed by atoms with van der Waals surface area (Å²) in [6.07, 6.45) is 0. The van der Waals surface area contributed by atoms with Crippen molar-refractivity contribution in [1.29, 1.82) is 0 Å². The lowest BCUT2D eigenvalue weighted by molar-refractivity contribution is 0.0993. The fraction of sp³-hybridized carbons (Fsp3) is 0.133. The molecule has 0 aliphatic carbocycles. The Hall–Kier alpha value is -1.71. The summed E-state index contributed by atoms with van der Waals surface area (Å²) in [7, 11) is 1.64. The summed E-state index contributed by atoms with van der Waals surface area (Å²) in [4.78, 5) is 13.9. The van der Waals surface area contributed by atoms with Crippen LogP contribution < -0.4 is 10.6 Å². The standard InChI is InChI=1S/C15H14Cl2N2O/c1-9-3-5-11(12(17)7-9)15(20)19(2)14-8-10(16)4-6-13(14)18/h3-8H,18H2,1-2H3. The smallest absolute Gasteiger partial charge is 0.259 e. The van der Waals surface area contributed by atoms with Crippen molar-refractivity contribution in [2.45, 2.75) is 6.92 Å². The number of rotatable bonds is 2. The second-order valence-corrected chi connectivity index (χ2v) is 5.39. The fourth-order valence-corrected chi connectivity index (χ4v) is 2.37. The van der Waals surface area contributed by atoms with E-state index in [1.807, 2.05) is 13.0 Å². The molecule has 2 aromatic rings. The Morgan fingerprint density at radius 3 is 2.50 bits per heavy atom. The Balaban J connectivity index is 2.40. The van der Waals surface area contributed by atoms with Crippen LogP contribution in [-0.4, -0.2) is 13.0 Å². The second kappa shape index (κ2) is 5.73. The number of anilines is 2. The van der Waals surface area contributed by atoms with Gasteiger partial charge >= 0.3 is 0 Å². The van der Waals surface area contributed by atoms with E-state index in [0.29, 0.717) is 27.0 Å². The molecule has 0 saturated heterocycles. The molecule has 0 bridgehead atoms. The Kier molecular flexibility index (Phi) is 4.21. The molecule has 0 radical (unpaired) electrons. The molecule has 1 amide bonds. The van der Waals surface area contributed by atoms with Crippen molar-refractivity contribution >= 4 is 40.5 Å². The minimum atomic E-state index is -0.232. The van der Waals surface area contributed by atoms with Crippen molar-refractivity contribution in [3.05, 3.63) is 57.6 Å². The molecule has 0 aromatic heterocycles. The monoisotopic (exact) mass is 308 g/mol. The average molecular weight is 309 g/mol. The fourth-order valence-electron chi connectivity index (χ4n) is 1.89. The molecule has 0 aliphatic rings. The zero-order valence-corrected chi connectivity index (χ0v) is 12.7. The molecule has 2 N–H and O–H groups in total. The SMILES string of the molecule is Cc1ccc(C(=O)N(C)c2cc(Cl)ccc2N)c(Cl)c1. The number of carbonyl (C=O) groups excluding carboxylic acids is 1. The van der Waals surface area contributed by atoms with Gasteiger partial charge in [0, 0.05) is 12.1 Å². The number of hydrogen-bond acceptors (Lipinski definition) is 2. The first-order valence-electron chi connectivity index (χ1n) is 5.99. The topological polar surface area (TPSA) is 46.3 Å². The number of nitrogen functional groups attached to an aromatic ring is 1. The summed E-state index contributed by atoms with van der Waals surface area (Å²) in [5.41, 5.74) is 8.34. The quantitative estimate of drug-likeness (QED) is 0.847. The molecule has 20 heavy (non-hydrogen) atoms. The number of nitrogens with two attached hydrogens (primary N) is 1. The van der Waals surface area contributed by atoms with E-state index in [0.717, 1.165) is 5.56 Å². The summed E-state index contributed by atoms with van der Waals surface area (Å²) >= 11 is 12.1. The van der Waals surface area contributed by atoms with Gasteiger partial charge in [-0.05, 0) is 42.8 Å². The van der Waals surface area contributed by atoms with Crippen LogP contribution in [0.5, 0.6) is 0 Å². The van der Waals surface area contributed by atoms with Gasteiger partial charge in [-0.25, -0.2) is 0 Å². The van der Waals surface area contributed by atoms with Gasteiger partial charge in [0.25, 0.3) is 5.91 Å². The maximum atomic E-state index is 12.5. The lowest BCUT2D eigenvalue weighted by atomic mass is 10.1. The summed E-state index contributed by atoms with van der Waals surface area (Å²) in [5, 5.41) is 0.936. The first kappa shape index (κ1) is 14.7. The van der Waals surface area contributed by atoms with Gasteiger partial charge < -0.3 is 10.6 Å². The number of amides is 1. The third kappa shape index (κ3) is 2.89. The largest absolute Gasteiger partial charge is 0.397 e. The van der Waals surface area contributed by atoms with E-state index >= 15 is 0 Å². The summed E-state index contributed by atoms with van der Waals surface area (Å²) in [6.45, 7) is 1.92. The van der Waals surface area contributed by atoms with Gasteiger partial charge in [-0.1, -0.05) is 29.3 Å². The zero-order valence-electron chi connectivity index (χ0n) is 11.2. The zero-order chi connectivity index (χ0) is 14.9. The average Bonchev–Trinajstić information content (AvgIpc) is 2.40. The highest BCUT2D eigenvalue weighted by Crippen LogP contribution is 2.28. The number of nitrogens with zero attached hydrogens (tertiary/aromatic N) is 1. The third-order valence-electron chi connectivity index (χ3n) is 3.01. The molecule has 0 fully saturated rings. The molecule has 104 valence electrons. The number of carbonyl (C=O) groups is 1. The highest BCUT2D eigenvalue weighted by molar-refractivity contribution is 6.34. The van der Waals surface area contributed by atoms with Crippen LogP contribution in [0.4, 0.5) is 11.4 Å². The molecule has 0 spiro atoms. The molecule has 0 unspecified atom stereocenters. The summed E-state index contributed by atoms with van der Waals surface area (Å²) in [6, 6.07) is 10.3. The molecule has 0 aliphatic heterocycles. The van der Waals surface area contributed by atoms with E-state index in [-0.39, 0.29) is 5.91 Å². The highest BCUT2D eigenvalue weighted by Gasteiger charge is 2.18. The molecule has 3 nitrogen and oxygen atoms in total. The van der Waals surface area contributed by atoms with E-state index < -0.39 is 0 Å². The van der Waals surface area contributed by atoms with Crippen LogP contribution in [0.2, 0.25) is 10.0 Å². The van der Waals surface area contributed by atoms with E-state index in [9.17, 15) is 4.79 Å². The molecule has 0 saturated carbocycles. The van der Waals surface area contributed by atoms with E-state index in [1.165, 1.54) is 4.90 Å². The molecule has 5 heteroatoms. The molecule has 0 heterocycles. The van der Waals surface area contributed by atoms with Gasteiger partial charge in [-0.15, -0.1) is 0 Å². The maximum absolute atomic E-state index is 12.5. The minimum absolute atomic E-state index is 0.232. The lowest BCUT2D eigenvalue weighted by Gasteiger charge is -2.20. The predicted molar refractivity (Wildman–Crippen MR) is 84.8 cm³/mol. The normalized spacial score (nSPS) is 10.4. The van der Waals surface area contributed by atoms with Gasteiger partial charge in [-0.3, -0.25) is 4.79 Å². The summed E-state index contributed by atoms with van der Waals surface area (Å²) < 4.78 is 0. The van der Waals surface area contributed by atoms with Crippen LogP contribution in [0.1, 0.15) is 15.9 Å². The van der Waals surface area contributed by atoms with Crippen LogP contribution in [-0.2, 0) is 0 Å². The molecule has 0 atom stereocenters. The first-order chi connectivity index (χ1) is 9.40. The van der Waals surface area contributed by atoms with Crippen LogP contribution in [0.25, 0.3) is 0 Å². The maximum Gasteiger partial charge on any atom is 0.259 e. The predicted octanol–water partition coefficient (Wildman–Crippen LogP) is 4.16. The van der Waals surface area contributed by atoms with Crippen molar-refractivity contribution in [3.8, 4) is 0 Å². The van der Waals surface area contributed by atoms with Crippen LogP contribution in [0, 0.1) is 6.92 Å².